The van der Waals surface area contributed by atoms with E-state index in [-0.39, 0.29) is 18.3 Å². The summed E-state index contributed by atoms with van der Waals surface area (Å²) in [6, 6.07) is 13.4. The van der Waals surface area contributed by atoms with Gasteiger partial charge in [0.25, 0.3) is 5.91 Å². The van der Waals surface area contributed by atoms with Gasteiger partial charge in [0.05, 0.1) is 11.3 Å². The number of aromatic nitrogens is 1. The number of aryl methyl sites for hydroxylation is 2. The fourth-order valence-corrected chi connectivity index (χ4v) is 6.51. The van der Waals surface area contributed by atoms with Crippen molar-refractivity contribution in [1.82, 2.24) is 10.3 Å². The summed E-state index contributed by atoms with van der Waals surface area (Å²) in [5.41, 5.74) is 5.28. The van der Waals surface area contributed by atoms with Crippen LogP contribution in [0.2, 0.25) is 0 Å². The summed E-state index contributed by atoms with van der Waals surface area (Å²) in [7, 11) is 0. The van der Waals surface area contributed by atoms with Gasteiger partial charge in [-0.05, 0) is 94.7 Å². The molecule has 2 aliphatic rings. The molecule has 1 aliphatic heterocycles. The van der Waals surface area contributed by atoms with E-state index in [9.17, 15) is 19.1 Å². The van der Waals surface area contributed by atoms with Gasteiger partial charge in [-0.2, -0.15) is 0 Å². The minimum Gasteiger partial charge on any atom is -0.479 e. The van der Waals surface area contributed by atoms with Crippen LogP contribution in [-0.2, 0) is 16.1 Å². The lowest BCUT2D eigenvalue weighted by Gasteiger charge is -2.33. The topological polar surface area (TPSA) is 91.8 Å². The highest BCUT2D eigenvalue weighted by molar-refractivity contribution is 5.95. The first kappa shape index (κ1) is 29.7. The van der Waals surface area contributed by atoms with Gasteiger partial charge in [0.2, 0.25) is 0 Å². The molecular formula is C34H40FN3O4. The highest BCUT2D eigenvalue weighted by atomic mass is 19.1. The first-order valence-electron chi connectivity index (χ1n) is 14.7. The smallest absolute Gasteiger partial charge is 0.337 e. The second-order valence-corrected chi connectivity index (χ2v) is 12.6. The van der Waals surface area contributed by atoms with Crippen molar-refractivity contribution >= 4 is 17.6 Å². The number of rotatable bonds is 8. The number of nitrogens with zero attached hydrogens (tertiary/aromatic N) is 2. The molecule has 1 saturated carbocycles. The standard InChI is InChI=1S/C34H40FN3O4/c1-20-28(23-11-13-24(14-12-23)32(39)36-17-22-9-15-27(35)16-10-22)30(38-18-25-7-6-8-26(25)19-38)29(21(2)37-20)31(33(40)41)42-34(3,4)5/h9-16,25-26,31H,6-8,17-19H2,1-5H3,(H,36,39)(H,40,41)/t25?,26?,31-/m0/s1. The Labute approximate surface area is 247 Å². The minimum atomic E-state index is -1.18. The van der Waals surface area contributed by atoms with Crippen LogP contribution in [0.4, 0.5) is 10.1 Å². The van der Waals surface area contributed by atoms with E-state index in [2.05, 4.69) is 10.2 Å². The number of benzene rings is 2. The second-order valence-electron chi connectivity index (χ2n) is 12.6. The molecule has 2 fully saturated rings. The molecule has 0 bridgehead atoms. The number of ether oxygens (including phenoxy) is 1. The van der Waals surface area contributed by atoms with E-state index in [1.807, 2.05) is 46.8 Å². The summed E-state index contributed by atoms with van der Waals surface area (Å²) in [4.78, 5) is 32.8. The maximum atomic E-state index is 13.2. The largest absolute Gasteiger partial charge is 0.479 e. The van der Waals surface area contributed by atoms with Crippen LogP contribution in [0.15, 0.2) is 48.5 Å². The molecule has 3 atom stereocenters. The number of aliphatic carboxylic acids is 1. The number of nitrogens with one attached hydrogen (secondary N) is 1. The molecular weight excluding hydrogens is 533 g/mol. The summed E-state index contributed by atoms with van der Waals surface area (Å²) in [5, 5.41) is 13.3. The highest BCUT2D eigenvalue weighted by Gasteiger charge is 2.41. The van der Waals surface area contributed by atoms with Crippen molar-refractivity contribution in [3.63, 3.8) is 0 Å². The maximum absolute atomic E-state index is 13.2. The van der Waals surface area contributed by atoms with Crippen LogP contribution in [0, 0.1) is 31.5 Å². The molecule has 2 unspecified atom stereocenters. The third-order valence-corrected chi connectivity index (χ3v) is 8.38. The highest BCUT2D eigenvalue weighted by Crippen LogP contribution is 2.47. The number of carboxylic acids is 1. The van der Waals surface area contributed by atoms with Crippen LogP contribution < -0.4 is 10.2 Å². The summed E-state index contributed by atoms with van der Waals surface area (Å²) in [6.07, 6.45) is 2.45. The molecule has 2 aromatic carbocycles. The first-order valence-corrected chi connectivity index (χ1v) is 14.7. The lowest BCUT2D eigenvalue weighted by atomic mass is 9.93. The number of carbonyl (C=O) groups is 2. The predicted octanol–water partition coefficient (Wildman–Crippen LogP) is 6.61. The van der Waals surface area contributed by atoms with Crippen LogP contribution in [0.25, 0.3) is 11.1 Å². The van der Waals surface area contributed by atoms with Crippen LogP contribution in [-0.4, -0.2) is 40.7 Å². The average molecular weight is 574 g/mol. The summed E-state index contributed by atoms with van der Waals surface area (Å²) in [6.45, 7) is 11.4. The Morgan fingerprint density at radius 1 is 1.02 bits per heavy atom. The number of hydrogen-bond acceptors (Lipinski definition) is 5. The zero-order valence-corrected chi connectivity index (χ0v) is 25.0. The number of pyridine rings is 1. The van der Waals surface area contributed by atoms with E-state index >= 15 is 0 Å². The van der Waals surface area contributed by atoms with Crippen molar-refractivity contribution in [1.29, 1.82) is 0 Å². The molecule has 5 rings (SSSR count). The molecule has 2 heterocycles. The summed E-state index contributed by atoms with van der Waals surface area (Å²) >= 11 is 0. The Hall–Kier alpha value is -3.78. The van der Waals surface area contributed by atoms with Crippen molar-refractivity contribution in [3.05, 3.63) is 82.4 Å². The fraction of sp³-hybridized carbons (Fsp3) is 0.441. The first-order chi connectivity index (χ1) is 19.9. The molecule has 222 valence electrons. The van der Waals surface area contributed by atoms with Gasteiger partial charge >= 0.3 is 5.97 Å². The molecule has 1 amide bonds. The van der Waals surface area contributed by atoms with Gasteiger partial charge < -0.3 is 20.1 Å². The van der Waals surface area contributed by atoms with Crippen molar-refractivity contribution in [2.75, 3.05) is 18.0 Å². The Morgan fingerprint density at radius 2 is 1.64 bits per heavy atom. The number of anilines is 1. The molecule has 42 heavy (non-hydrogen) atoms. The molecule has 1 aromatic heterocycles. The van der Waals surface area contributed by atoms with E-state index in [0.29, 0.717) is 28.7 Å². The van der Waals surface area contributed by atoms with Crippen molar-refractivity contribution in [2.24, 2.45) is 11.8 Å². The van der Waals surface area contributed by atoms with Crippen LogP contribution in [0.5, 0.6) is 0 Å². The SMILES string of the molecule is Cc1nc(C)c([C@H](OC(C)(C)C)C(=O)O)c(N2CC3CCCC3C2)c1-c1ccc(C(=O)NCc2ccc(F)cc2)cc1. The quantitative estimate of drug-likeness (QED) is 0.315. The van der Waals surface area contributed by atoms with Gasteiger partial charge in [0.15, 0.2) is 6.10 Å². The zero-order valence-electron chi connectivity index (χ0n) is 25.0. The number of carbonyl (C=O) groups excluding carboxylic acids is 1. The van der Waals surface area contributed by atoms with Crippen molar-refractivity contribution < 1.29 is 23.8 Å². The predicted molar refractivity (Wildman–Crippen MR) is 161 cm³/mol. The van der Waals surface area contributed by atoms with Gasteiger partial charge in [0.1, 0.15) is 5.82 Å². The van der Waals surface area contributed by atoms with Crippen molar-refractivity contribution in [3.8, 4) is 11.1 Å². The summed E-state index contributed by atoms with van der Waals surface area (Å²) in [5.74, 6) is -0.404. The lowest BCUT2D eigenvalue weighted by Crippen LogP contribution is -2.31. The minimum absolute atomic E-state index is 0.234. The Balaban J connectivity index is 1.53. The van der Waals surface area contributed by atoms with Crippen LogP contribution in [0.3, 0.4) is 0 Å². The molecule has 3 aromatic rings. The van der Waals surface area contributed by atoms with E-state index in [0.717, 1.165) is 41.2 Å². The summed E-state index contributed by atoms with van der Waals surface area (Å²) < 4.78 is 19.4. The second kappa shape index (κ2) is 11.8. The number of halogens is 1. The monoisotopic (exact) mass is 573 g/mol. The number of fused-ring (bicyclic) bond motifs is 1. The number of hydrogen-bond donors (Lipinski definition) is 2. The zero-order chi connectivity index (χ0) is 30.2. The molecule has 8 heteroatoms. The van der Waals surface area contributed by atoms with Crippen molar-refractivity contribution in [2.45, 2.75) is 72.1 Å². The Bertz CT molecular complexity index is 1450. The van der Waals surface area contributed by atoms with Gasteiger partial charge in [0, 0.05) is 47.7 Å². The molecule has 1 saturated heterocycles. The fourth-order valence-electron chi connectivity index (χ4n) is 6.51. The van der Waals surface area contributed by atoms with Gasteiger partial charge in [-0.25, -0.2) is 9.18 Å². The molecule has 2 N–H and O–H groups in total. The Kier molecular flexibility index (Phi) is 8.37. The van der Waals surface area contributed by atoms with Gasteiger partial charge in [-0.15, -0.1) is 0 Å². The third kappa shape index (κ3) is 6.33. The van der Waals surface area contributed by atoms with Crippen LogP contribution in [0.1, 0.15) is 79.0 Å². The number of carboxylic acid groups (broad SMARTS) is 1. The molecule has 0 spiro atoms. The Morgan fingerprint density at radius 3 is 2.21 bits per heavy atom. The van der Waals surface area contributed by atoms with E-state index in [4.69, 9.17) is 9.72 Å². The lowest BCUT2D eigenvalue weighted by molar-refractivity contribution is -0.160. The van der Waals surface area contributed by atoms with E-state index in [1.165, 1.54) is 31.4 Å². The molecule has 0 radical (unpaired) electrons. The molecule has 7 nitrogen and oxygen atoms in total. The maximum Gasteiger partial charge on any atom is 0.337 e. The number of amides is 1. The van der Waals surface area contributed by atoms with Crippen LogP contribution >= 0.6 is 0 Å². The normalized spacial score (nSPS) is 19.0. The van der Waals surface area contributed by atoms with Gasteiger partial charge in [-0.1, -0.05) is 30.7 Å². The van der Waals surface area contributed by atoms with E-state index < -0.39 is 17.7 Å². The van der Waals surface area contributed by atoms with E-state index in [1.54, 1.807) is 24.3 Å². The third-order valence-electron chi connectivity index (χ3n) is 8.38. The molecule has 1 aliphatic carbocycles. The van der Waals surface area contributed by atoms with Gasteiger partial charge in [-0.3, -0.25) is 9.78 Å². The average Bonchev–Trinajstić information content (AvgIpc) is 3.53.